The molecule has 1 saturated heterocycles. The average Bonchev–Trinajstić information content (AvgIpc) is 3.08. The maximum Gasteiger partial charge on any atom is 0.272 e. The van der Waals surface area contributed by atoms with Gasteiger partial charge in [0.05, 0.1) is 0 Å². The quantitative estimate of drug-likeness (QED) is 0.835. The first-order chi connectivity index (χ1) is 11.3. The summed E-state index contributed by atoms with van der Waals surface area (Å²) in [6, 6.07) is 5.46. The number of rotatable bonds is 5. The van der Waals surface area contributed by atoms with Crippen molar-refractivity contribution in [2.24, 2.45) is 0 Å². The molecule has 1 aliphatic rings. The molecule has 6 heteroatoms. The number of nitrogens with zero attached hydrogens (tertiary/aromatic N) is 5. The zero-order valence-corrected chi connectivity index (χ0v) is 13.6. The summed E-state index contributed by atoms with van der Waals surface area (Å²) in [6.07, 6.45) is 6.53. The number of pyridine rings is 1. The lowest BCUT2D eigenvalue weighted by atomic mass is 10.2. The van der Waals surface area contributed by atoms with Crippen LogP contribution in [-0.2, 0) is 13.0 Å². The van der Waals surface area contributed by atoms with Crippen molar-refractivity contribution in [3.05, 3.63) is 48.3 Å². The molecule has 0 radical (unpaired) electrons. The van der Waals surface area contributed by atoms with E-state index in [0.29, 0.717) is 5.69 Å². The van der Waals surface area contributed by atoms with E-state index < -0.39 is 0 Å². The number of carbonyl (C=O) groups excluding carboxylic acids is 1. The topological polar surface area (TPSA) is 54.3 Å². The number of hydrogen-bond acceptors (Lipinski definition) is 4. The molecular weight excluding hydrogens is 290 g/mol. The van der Waals surface area contributed by atoms with E-state index in [2.05, 4.69) is 26.4 Å². The smallest absolute Gasteiger partial charge is 0.272 e. The molecule has 1 amide bonds. The van der Waals surface area contributed by atoms with Crippen LogP contribution in [0.4, 0.5) is 0 Å². The van der Waals surface area contributed by atoms with Crippen LogP contribution < -0.4 is 0 Å². The fraction of sp³-hybridized carbons (Fsp3) is 0.471. The van der Waals surface area contributed by atoms with Gasteiger partial charge in [0.1, 0.15) is 11.5 Å². The molecule has 0 aromatic carbocycles. The summed E-state index contributed by atoms with van der Waals surface area (Å²) < 4.78 is 2.21. The predicted octanol–water partition coefficient (Wildman–Crippen LogP) is 1.30. The van der Waals surface area contributed by atoms with Crippen molar-refractivity contribution in [2.45, 2.75) is 19.9 Å². The predicted molar refractivity (Wildman–Crippen MR) is 88.2 cm³/mol. The van der Waals surface area contributed by atoms with Crippen LogP contribution in [0, 0.1) is 0 Å². The maximum absolute atomic E-state index is 12.4. The van der Waals surface area contributed by atoms with Crippen molar-refractivity contribution in [1.82, 2.24) is 24.3 Å². The number of aromatic nitrogens is 3. The molecule has 1 aliphatic heterocycles. The van der Waals surface area contributed by atoms with Crippen LogP contribution in [0.25, 0.3) is 0 Å². The molecule has 2 aromatic rings. The van der Waals surface area contributed by atoms with Gasteiger partial charge in [-0.3, -0.25) is 14.7 Å². The van der Waals surface area contributed by atoms with Gasteiger partial charge >= 0.3 is 0 Å². The molecule has 0 aliphatic carbocycles. The molecule has 3 rings (SSSR count). The summed E-state index contributed by atoms with van der Waals surface area (Å²) in [5.41, 5.74) is 0.534. The highest BCUT2D eigenvalue weighted by atomic mass is 16.2. The number of carbonyl (C=O) groups is 1. The summed E-state index contributed by atoms with van der Waals surface area (Å²) in [5, 5.41) is 0. The Labute approximate surface area is 136 Å². The van der Waals surface area contributed by atoms with Crippen LogP contribution in [0.15, 0.2) is 36.8 Å². The van der Waals surface area contributed by atoms with Gasteiger partial charge in [0.2, 0.25) is 0 Å². The van der Waals surface area contributed by atoms with Gasteiger partial charge in [0.15, 0.2) is 0 Å². The zero-order valence-electron chi connectivity index (χ0n) is 13.6. The van der Waals surface area contributed by atoms with E-state index >= 15 is 0 Å². The minimum atomic E-state index is 0.0353. The minimum absolute atomic E-state index is 0.0353. The number of amides is 1. The molecule has 0 N–H and O–H groups in total. The lowest BCUT2D eigenvalue weighted by Gasteiger charge is -2.34. The van der Waals surface area contributed by atoms with Crippen LogP contribution >= 0.6 is 0 Å². The Morgan fingerprint density at radius 1 is 1.09 bits per heavy atom. The van der Waals surface area contributed by atoms with Gasteiger partial charge < -0.3 is 9.47 Å². The van der Waals surface area contributed by atoms with Gasteiger partial charge in [-0.05, 0) is 12.1 Å². The van der Waals surface area contributed by atoms with Crippen LogP contribution in [0.2, 0.25) is 0 Å². The van der Waals surface area contributed by atoms with E-state index in [-0.39, 0.29) is 5.91 Å². The van der Waals surface area contributed by atoms with Crippen molar-refractivity contribution in [1.29, 1.82) is 0 Å². The number of imidazole rings is 1. The van der Waals surface area contributed by atoms with E-state index in [1.807, 2.05) is 29.4 Å². The molecule has 0 bridgehead atoms. The Hall–Kier alpha value is -2.21. The number of piperazine rings is 1. The Morgan fingerprint density at radius 2 is 1.91 bits per heavy atom. The van der Waals surface area contributed by atoms with Gasteiger partial charge in [-0.1, -0.05) is 13.0 Å². The molecule has 1 fully saturated rings. The number of hydrogen-bond donors (Lipinski definition) is 0. The van der Waals surface area contributed by atoms with Gasteiger partial charge in [-0.2, -0.15) is 0 Å². The van der Waals surface area contributed by atoms with Crippen LogP contribution in [0.5, 0.6) is 0 Å². The van der Waals surface area contributed by atoms with Gasteiger partial charge in [-0.15, -0.1) is 0 Å². The first-order valence-electron chi connectivity index (χ1n) is 8.20. The molecule has 2 aromatic heterocycles. The fourth-order valence-corrected chi connectivity index (χ4v) is 2.93. The lowest BCUT2D eigenvalue weighted by molar-refractivity contribution is 0.0627. The van der Waals surface area contributed by atoms with Crippen molar-refractivity contribution in [3.63, 3.8) is 0 Å². The third-order valence-electron chi connectivity index (χ3n) is 4.32. The van der Waals surface area contributed by atoms with E-state index in [1.54, 1.807) is 12.3 Å². The molecule has 122 valence electrons. The Morgan fingerprint density at radius 3 is 2.61 bits per heavy atom. The van der Waals surface area contributed by atoms with Crippen LogP contribution in [-0.4, -0.2) is 63.0 Å². The molecule has 0 atom stereocenters. The highest BCUT2D eigenvalue weighted by Crippen LogP contribution is 2.08. The standard InChI is InChI=1S/C17H23N5O/c1-2-16-19-7-8-21(16)12-9-20-10-13-22(14-11-20)17(23)15-5-3-4-6-18-15/h3-8H,2,9-14H2,1H3. The SMILES string of the molecule is CCc1nccn1CCN1CCN(C(=O)c2ccccn2)CC1. The highest BCUT2D eigenvalue weighted by molar-refractivity contribution is 5.92. The monoisotopic (exact) mass is 313 g/mol. The summed E-state index contributed by atoms with van der Waals surface area (Å²) in [4.78, 5) is 25.2. The zero-order chi connectivity index (χ0) is 16.1. The molecule has 6 nitrogen and oxygen atoms in total. The molecule has 3 heterocycles. The van der Waals surface area contributed by atoms with E-state index in [4.69, 9.17) is 0 Å². The molecule has 0 spiro atoms. The molecule has 0 unspecified atom stereocenters. The largest absolute Gasteiger partial charge is 0.335 e. The van der Waals surface area contributed by atoms with E-state index in [9.17, 15) is 4.79 Å². The third kappa shape index (κ3) is 3.76. The van der Waals surface area contributed by atoms with E-state index in [1.165, 1.54) is 0 Å². The first kappa shape index (κ1) is 15.7. The van der Waals surface area contributed by atoms with Gasteiger partial charge in [0.25, 0.3) is 5.91 Å². The molecular formula is C17H23N5O. The minimum Gasteiger partial charge on any atom is -0.335 e. The normalized spacial score (nSPS) is 15.8. The third-order valence-corrected chi connectivity index (χ3v) is 4.32. The lowest BCUT2D eigenvalue weighted by Crippen LogP contribution is -2.49. The van der Waals surface area contributed by atoms with Crippen molar-refractivity contribution in [3.8, 4) is 0 Å². The van der Waals surface area contributed by atoms with Gasteiger partial charge in [-0.25, -0.2) is 4.98 Å². The Balaban J connectivity index is 1.48. The second-order valence-electron chi connectivity index (χ2n) is 5.74. The molecule has 23 heavy (non-hydrogen) atoms. The Kier molecular flexibility index (Phi) is 5.02. The molecule has 0 saturated carbocycles. The fourth-order valence-electron chi connectivity index (χ4n) is 2.93. The second-order valence-corrected chi connectivity index (χ2v) is 5.74. The van der Waals surface area contributed by atoms with Crippen molar-refractivity contribution < 1.29 is 4.79 Å². The van der Waals surface area contributed by atoms with Crippen LogP contribution in [0.1, 0.15) is 23.2 Å². The van der Waals surface area contributed by atoms with Crippen molar-refractivity contribution in [2.75, 3.05) is 32.7 Å². The summed E-state index contributed by atoms with van der Waals surface area (Å²) in [7, 11) is 0. The summed E-state index contributed by atoms with van der Waals surface area (Å²) in [6.45, 7) is 7.43. The highest BCUT2D eigenvalue weighted by Gasteiger charge is 2.22. The summed E-state index contributed by atoms with van der Waals surface area (Å²) >= 11 is 0. The maximum atomic E-state index is 12.4. The van der Waals surface area contributed by atoms with Crippen molar-refractivity contribution >= 4 is 5.91 Å². The number of aryl methyl sites for hydroxylation is 1. The van der Waals surface area contributed by atoms with Gasteiger partial charge in [0, 0.05) is 64.3 Å². The second kappa shape index (κ2) is 7.37. The van der Waals surface area contributed by atoms with Crippen LogP contribution in [0.3, 0.4) is 0 Å². The Bertz CT molecular complexity index is 631. The first-order valence-corrected chi connectivity index (χ1v) is 8.20. The van der Waals surface area contributed by atoms with E-state index in [0.717, 1.165) is 51.5 Å². The summed E-state index contributed by atoms with van der Waals surface area (Å²) in [5.74, 6) is 1.17. The average molecular weight is 313 g/mol.